The van der Waals surface area contributed by atoms with Crippen LogP contribution in [0, 0.1) is 0 Å². The van der Waals surface area contributed by atoms with Crippen molar-refractivity contribution in [3.8, 4) is 0 Å². The molecule has 0 saturated carbocycles. The molecule has 1 atom stereocenters. The molecule has 0 aliphatic rings. The zero-order valence-electron chi connectivity index (χ0n) is 11.6. The van der Waals surface area contributed by atoms with Crippen molar-refractivity contribution < 1.29 is 4.79 Å². The van der Waals surface area contributed by atoms with Gasteiger partial charge in [0, 0.05) is 17.9 Å². The molecule has 5 heteroatoms. The molecule has 2 aromatic rings. The van der Waals surface area contributed by atoms with Crippen LogP contribution in [0.4, 0.5) is 11.6 Å². The van der Waals surface area contributed by atoms with E-state index in [0.29, 0.717) is 11.6 Å². The number of para-hydroxylation sites is 1. The number of hydrogen-bond acceptors (Lipinski definition) is 4. The van der Waals surface area contributed by atoms with Gasteiger partial charge in [0.25, 0.3) is 5.91 Å². The fourth-order valence-electron chi connectivity index (χ4n) is 1.59. The van der Waals surface area contributed by atoms with Gasteiger partial charge < -0.3 is 10.6 Å². The van der Waals surface area contributed by atoms with Crippen molar-refractivity contribution in [3.05, 3.63) is 48.3 Å². The minimum Gasteiger partial charge on any atom is -0.352 e. The molecule has 0 saturated heterocycles. The molecule has 2 N–H and O–H groups in total. The first-order valence-electron chi connectivity index (χ1n) is 6.65. The first-order chi connectivity index (χ1) is 9.69. The van der Waals surface area contributed by atoms with Crippen molar-refractivity contribution in [2.75, 3.05) is 10.6 Å². The molecule has 104 valence electrons. The summed E-state index contributed by atoms with van der Waals surface area (Å²) in [6, 6.07) is 11.2. The van der Waals surface area contributed by atoms with Crippen molar-refractivity contribution in [2.24, 2.45) is 0 Å². The zero-order chi connectivity index (χ0) is 14.4. The quantitative estimate of drug-likeness (QED) is 0.876. The van der Waals surface area contributed by atoms with E-state index in [4.69, 9.17) is 0 Å². The number of nitrogens with zero attached hydrogens (tertiary/aromatic N) is 2. The van der Waals surface area contributed by atoms with Crippen LogP contribution >= 0.6 is 0 Å². The van der Waals surface area contributed by atoms with Gasteiger partial charge in [0.15, 0.2) is 0 Å². The standard InChI is InChI=1S/C15H18N4O/c1-3-11(2)17-15-16-10-9-13(19-15)14(20)18-12-7-5-4-6-8-12/h4-11H,3H2,1-2H3,(H,18,20)(H,16,17,19). The number of nitrogens with one attached hydrogen (secondary N) is 2. The zero-order valence-corrected chi connectivity index (χ0v) is 11.6. The third-order valence-electron chi connectivity index (χ3n) is 2.91. The number of benzene rings is 1. The largest absolute Gasteiger partial charge is 0.352 e. The summed E-state index contributed by atoms with van der Waals surface area (Å²) in [5, 5.41) is 5.94. The molecule has 20 heavy (non-hydrogen) atoms. The maximum Gasteiger partial charge on any atom is 0.274 e. The van der Waals surface area contributed by atoms with Crippen LogP contribution in [0.15, 0.2) is 42.6 Å². The van der Waals surface area contributed by atoms with Gasteiger partial charge in [0.2, 0.25) is 5.95 Å². The normalized spacial score (nSPS) is 11.7. The SMILES string of the molecule is CCC(C)Nc1nccc(C(=O)Nc2ccccc2)n1. The summed E-state index contributed by atoms with van der Waals surface area (Å²) >= 11 is 0. The molecule has 0 spiro atoms. The van der Waals surface area contributed by atoms with Gasteiger partial charge in [-0.15, -0.1) is 0 Å². The Hall–Kier alpha value is -2.43. The average Bonchev–Trinajstić information content (AvgIpc) is 2.48. The lowest BCUT2D eigenvalue weighted by atomic mass is 10.3. The van der Waals surface area contributed by atoms with Crippen molar-refractivity contribution >= 4 is 17.5 Å². The van der Waals surface area contributed by atoms with E-state index in [1.807, 2.05) is 37.3 Å². The second kappa shape index (κ2) is 6.65. The average molecular weight is 270 g/mol. The molecule has 1 heterocycles. The van der Waals surface area contributed by atoms with Crippen LogP contribution in [0.2, 0.25) is 0 Å². The van der Waals surface area contributed by atoms with Gasteiger partial charge in [-0.05, 0) is 31.5 Å². The highest BCUT2D eigenvalue weighted by Gasteiger charge is 2.09. The molecule has 0 aliphatic carbocycles. The Morgan fingerprint density at radius 3 is 2.70 bits per heavy atom. The maximum atomic E-state index is 12.1. The summed E-state index contributed by atoms with van der Waals surface area (Å²) < 4.78 is 0. The first kappa shape index (κ1) is 14.0. The molecule has 1 amide bonds. The van der Waals surface area contributed by atoms with Crippen molar-refractivity contribution in [3.63, 3.8) is 0 Å². The van der Waals surface area contributed by atoms with E-state index < -0.39 is 0 Å². The fraction of sp³-hybridized carbons (Fsp3) is 0.267. The summed E-state index contributed by atoms with van der Waals surface area (Å²) in [7, 11) is 0. The maximum absolute atomic E-state index is 12.1. The Bertz CT molecular complexity index is 571. The Labute approximate surface area is 118 Å². The molecule has 0 aliphatic heterocycles. The number of hydrogen-bond donors (Lipinski definition) is 2. The third-order valence-corrected chi connectivity index (χ3v) is 2.91. The lowest BCUT2D eigenvalue weighted by Crippen LogP contribution is -2.18. The minimum atomic E-state index is -0.245. The summed E-state index contributed by atoms with van der Waals surface area (Å²) in [4.78, 5) is 20.4. The van der Waals surface area contributed by atoms with Crippen LogP contribution in [-0.2, 0) is 0 Å². The van der Waals surface area contributed by atoms with Crippen LogP contribution in [0.3, 0.4) is 0 Å². The monoisotopic (exact) mass is 270 g/mol. The van der Waals surface area contributed by atoms with Gasteiger partial charge in [-0.25, -0.2) is 9.97 Å². The van der Waals surface area contributed by atoms with Crippen molar-refractivity contribution in [1.29, 1.82) is 0 Å². The third kappa shape index (κ3) is 3.78. The highest BCUT2D eigenvalue weighted by atomic mass is 16.1. The molecular weight excluding hydrogens is 252 g/mol. The van der Waals surface area contributed by atoms with Crippen LogP contribution in [0.25, 0.3) is 0 Å². The highest BCUT2D eigenvalue weighted by Crippen LogP contribution is 2.09. The summed E-state index contributed by atoms with van der Waals surface area (Å²) in [6.45, 7) is 4.11. The smallest absolute Gasteiger partial charge is 0.274 e. The van der Waals surface area contributed by atoms with Gasteiger partial charge in [-0.3, -0.25) is 4.79 Å². The number of carbonyl (C=O) groups is 1. The van der Waals surface area contributed by atoms with E-state index in [0.717, 1.165) is 12.1 Å². The van der Waals surface area contributed by atoms with Crippen LogP contribution in [0.1, 0.15) is 30.8 Å². The van der Waals surface area contributed by atoms with Gasteiger partial charge in [-0.1, -0.05) is 25.1 Å². The Kier molecular flexibility index (Phi) is 4.65. The number of amides is 1. The molecule has 1 unspecified atom stereocenters. The Morgan fingerprint density at radius 2 is 2.00 bits per heavy atom. The first-order valence-corrected chi connectivity index (χ1v) is 6.65. The van der Waals surface area contributed by atoms with Gasteiger partial charge >= 0.3 is 0 Å². The van der Waals surface area contributed by atoms with Crippen LogP contribution in [0.5, 0.6) is 0 Å². The predicted octanol–water partition coefficient (Wildman–Crippen LogP) is 2.94. The topological polar surface area (TPSA) is 66.9 Å². The lowest BCUT2D eigenvalue weighted by molar-refractivity contribution is 0.102. The molecule has 2 rings (SSSR count). The molecular formula is C15H18N4O. The summed E-state index contributed by atoms with van der Waals surface area (Å²) in [5.41, 5.74) is 1.09. The predicted molar refractivity (Wildman–Crippen MR) is 79.8 cm³/mol. The van der Waals surface area contributed by atoms with Gasteiger partial charge in [0.1, 0.15) is 5.69 Å². The molecule has 5 nitrogen and oxygen atoms in total. The Balaban J connectivity index is 2.08. The van der Waals surface area contributed by atoms with E-state index in [1.54, 1.807) is 12.3 Å². The second-order valence-electron chi connectivity index (χ2n) is 4.54. The Morgan fingerprint density at radius 1 is 1.25 bits per heavy atom. The number of carbonyl (C=O) groups excluding carboxylic acids is 1. The fourth-order valence-corrected chi connectivity index (χ4v) is 1.59. The second-order valence-corrected chi connectivity index (χ2v) is 4.54. The molecule has 0 radical (unpaired) electrons. The number of anilines is 2. The minimum absolute atomic E-state index is 0.245. The molecule has 1 aromatic carbocycles. The van der Waals surface area contributed by atoms with E-state index in [-0.39, 0.29) is 11.9 Å². The molecule has 1 aromatic heterocycles. The summed E-state index contributed by atoms with van der Waals surface area (Å²) in [6.07, 6.45) is 2.54. The van der Waals surface area contributed by atoms with E-state index >= 15 is 0 Å². The number of aromatic nitrogens is 2. The van der Waals surface area contributed by atoms with Gasteiger partial charge in [0.05, 0.1) is 0 Å². The molecule has 0 fully saturated rings. The van der Waals surface area contributed by atoms with Crippen LogP contribution in [-0.4, -0.2) is 21.9 Å². The lowest BCUT2D eigenvalue weighted by Gasteiger charge is -2.11. The van der Waals surface area contributed by atoms with E-state index in [1.165, 1.54) is 0 Å². The summed E-state index contributed by atoms with van der Waals surface area (Å²) in [5.74, 6) is 0.228. The van der Waals surface area contributed by atoms with Crippen molar-refractivity contribution in [1.82, 2.24) is 9.97 Å². The highest BCUT2D eigenvalue weighted by molar-refractivity contribution is 6.02. The van der Waals surface area contributed by atoms with E-state index in [9.17, 15) is 4.79 Å². The van der Waals surface area contributed by atoms with E-state index in [2.05, 4.69) is 27.5 Å². The van der Waals surface area contributed by atoms with Crippen LogP contribution < -0.4 is 10.6 Å². The van der Waals surface area contributed by atoms with Gasteiger partial charge in [-0.2, -0.15) is 0 Å². The molecule has 0 bridgehead atoms. The van der Waals surface area contributed by atoms with Crippen molar-refractivity contribution in [2.45, 2.75) is 26.3 Å². The number of rotatable bonds is 5.